The molecular formula is C16H25NO. The van der Waals surface area contributed by atoms with Gasteiger partial charge in [-0.25, -0.2) is 0 Å². The van der Waals surface area contributed by atoms with Crippen LogP contribution in [0.25, 0.3) is 0 Å². The molecule has 100 valence electrons. The predicted octanol–water partition coefficient (Wildman–Crippen LogP) is 3.57. The highest BCUT2D eigenvalue weighted by atomic mass is 16.5. The fourth-order valence-corrected chi connectivity index (χ4v) is 1.79. The van der Waals surface area contributed by atoms with Gasteiger partial charge in [0, 0.05) is 6.04 Å². The zero-order valence-electron chi connectivity index (χ0n) is 11.8. The Kier molecular flexibility index (Phi) is 6.51. The Labute approximate surface area is 111 Å². The molecule has 1 atom stereocenters. The van der Waals surface area contributed by atoms with Gasteiger partial charge >= 0.3 is 0 Å². The lowest BCUT2D eigenvalue weighted by molar-refractivity contribution is 0.352. The molecule has 0 aliphatic heterocycles. The van der Waals surface area contributed by atoms with Gasteiger partial charge in [-0.15, -0.1) is 0 Å². The second-order valence-electron chi connectivity index (χ2n) is 4.89. The number of hydrogen-bond acceptors (Lipinski definition) is 2. The number of aryl methyl sites for hydroxylation is 1. The first kappa shape index (κ1) is 14.8. The summed E-state index contributed by atoms with van der Waals surface area (Å²) < 4.78 is 5.57. The normalized spacial score (nSPS) is 12.2. The van der Waals surface area contributed by atoms with E-state index >= 15 is 0 Å². The van der Waals surface area contributed by atoms with E-state index < -0.39 is 0 Å². The molecule has 18 heavy (non-hydrogen) atoms. The van der Waals surface area contributed by atoms with E-state index in [-0.39, 0.29) is 0 Å². The van der Waals surface area contributed by atoms with Gasteiger partial charge in [-0.3, -0.25) is 0 Å². The Balaban J connectivity index is 2.38. The van der Waals surface area contributed by atoms with Crippen LogP contribution >= 0.6 is 0 Å². The topological polar surface area (TPSA) is 21.3 Å². The second kappa shape index (κ2) is 7.93. The van der Waals surface area contributed by atoms with Gasteiger partial charge in [-0.1, -0.05) is 25.6 Å². The number of hydrogen-bond donors (Lipinski definition) is 1. The van der Waals surface area contributed by atoms with Crippen LogP contribution in [-0.2, 0) is 6.42 Å². The third-order valence-electron chi connectivity index (χ3n) is 2.83. The average molecular weight is 247 g/mol. The van der Waals surface area contributed by atoms with Gasteiger partial charge in [-0.2, -0.15) is 0 Å². The van der Waals surface area contributed by atoms with E-state index in [1.807, 2.05) is 19.1 Å². The van der Waals surface area contributed by atoms with E-state index in [9.17, 15) is 0 Å². The quantitative estimate of drug-likeness (QED) is 0.709. The van der Waals surface area contributed by atoms with Crippen molar-refractivity contribution in [2.45, 2.75) is 39.7 Å². The summed E-state index contributed by atoms with van der Waals surface area (Å²) in [5.74, 6) is 0.918. The van der Waals surface area contributed by atoms with Gasteiger partial charge in [0.1, 0.15) is 12.4 Å². The van der Waals surface area contributed by atoms with E-state index in [2.05, 4.69) is 37.9 Å². The summed E-state index contributed by atoms with van der Waals surface area (Å²) >= 11 is 0. The molecule has 1 aromatic carbocycles. The summed E-state index contributed by atoms with van der Waals surface area (Å²) in [6.45, 7) is 11.8. The van der Waals surface area contributed by atoms with Crippen LogP contribution in [0.3, 0.4) is 0 Å². The van der Waals surface area contributed by atoms with Gasteiger partial charge in [0.15, 0.2) is 0 Å². The Morgan fingerprint density at radius 1 is 1.33 bits per heavy atom. The van der Waals surface area contributed by atoms with Crippen molar-refractivity contribution in [1.29, 1.82) is 0 Å². The van der Waals surface area contributed by atoms with Crippen molar-refractivity contribution >= 4 is 0 Å². The highest BCUT2D eigenvalue weighted by Crippen LogP contribution is 2.14. The molecule has 0 spiro atoms. The maximum absolute atomic E-state index is 5.57. The van der Waals surface area contributed by atoms with Crippen LogP contribution in [0.5, 0.6) is 5.75 Å². The molecule has 0 aliphatic carbocycles. The van der Waals surface area contributed by atoms with E-state index in [0.717, 1.165) is 24.3 Å². The summed E-state index contributed by atoms with van der Waals surface area (Å²) in [7, 11) is 0. The zero-order valence-corrected chi connectivity index (χ0v) is 11.8. The van der Waals surface area contributed by atoms with Gasteiger partial charge in [-0.05, 0) is 56.5 Å². The van der Waals surface area contributed by atoms with E-state index in [1.54, 1.807) is 0 Å². The van der Waals surface area contributed by atoms with Crippen molar-refractivity contribution < 1.29 is 4.74 Å². The first-order chi connectivity index (χ1) is 8.61. The molecule has 0 saturated carbocycles. The summed E-state index contributed by atoms with van der Waals surface area (Å²) in [5, 5.41) is 3.43. The lowest BCUT2D eigenvalue weighted by Gasteiger charge is -2.12. The van der Waals surface area contributed by atoms with Crippen LogP contribution in [-0.4, -0.2) is 19.2 Å². The second-order valence-corrected chi connectivity index (χ2v) is 4.89. The van der Waals surface area contributed by atoms with Crippen molar-refractivity contribution in [2.24, 2.45) is 0 Å². The highest BCUT2D eigenvalue weighted by Gasteiger charge is 2.01. The van der Waals surface area contributed by atoms with Crippen molar-refractivity contribution in [3.8, 4) is 5.75 Å². The largest absolute Gasteiger partial charge is 0.489 e. The minimum absolute atomic E-state index is 0.578. The standard InChI is InChI=1S/C16H25NO/c1-5-17-14(4)6-7-15-8-10-16(11-9-15)18-12-13(2)3/h8-11,14,17H,2,5-7,12H2,1,3-4H3. The van der Waals surface area contributed by atoms with Crippen LogP contribution in [0.2, 0.25) is 0 Å². The first-order valence-corrected chi connectivity index (χ1v) is 6.71. The third-order valence-corrected chi connectivity index (χ3v) is 2.83. The molecule has 1 rings (SSSR count). The van der Waals surface area contributed by atoms with Crippen molar-refractivity contribution in [1.82, 2.24) is 5.32 Å². The number of nitrogens with one attached hydrogen (secondary N) is 1. The molecule has 1 aromatic rings. The van der Waals surface area contributed by atoms with Gasteiger partial charge in [0.2, 0.25) is 0 Å². The highest BCUT2D eigenvalue weighted by molar-refractivity contribution is 5.27. The molecule has 0 saturated heterocycles. The summed E-state index contributed by atoms with van der Waals surface area (Å²) in [4.78, 5) is 0. The molecular weight excluding hydrogens is 222 g/mol. The van der Waals surface area contributed by atoms with Crippen LogP contribution in [0.15, 0.2) is 36.4 Å². The Bertz CT molecular complexity index is 356. The van der Waals surface area contributed by atoms with E-state index in [1.165, 1.54) is 12.0 Å². The van der Waals surface area contributed by atoms with E-state index in [4.69, 9.17) is 4.74 Å². The lowest BCUT2D eigenvalue weighted by atomic mass is 10.1. The summed E-state index contributed by atoms with van der Waals surface area (Å²) in [6, 6.07) is 8.94. The van der Waals surface area contributed by atoms with Crippen LogP contribution in [0.1, 0.15) is 32.8 Å². The SMILES string of the molecule is C=C(C)COc1ccc(CCC(C)NCC)cc1. The average Bonchev–Trinajstić information content (AvgIpc) is 2.35. The fourth-order valence-electron chi connectivity index (χ4n) is 1.79. The third kappa shape index (κ3) is 5.87. The molecule has 0 aliphatic rings. The molecule has 0 fully saturated rings. The molecule has 1 N–H and O–H groups in total. The Morgan fingerprint density at radius 2 is 2.00 bits per heavy atom. The molecule has 0 aromatic heterocycles. The van der Waals surface area contributed by atoms with Gasteiger partial charge in [0.25, 0.3) is 0 Å². The fraction of sp³-hybridized carbons (Fsp3) is 0.500. The van der Waals surface area contributed by atoms with E-state index in [0.29, 0.717) is 12.6 Å². The smallest absolute Gasteiger partial charge is 0.119 e. The molecule has 0 amide bonds. The maximum atomic E-state index is 5.57. The summed E-state index contributed by atoms with van der Waals surface area (Å²) in [5.41, 5.74) is 2.40. The molecule has 0 bridgehead atoms. The Morgan fingerprint density at radius 3 is 2.56 bits per heavy atom. The van der Waals surface area contributed by atoms with Crippen LogP contribution in [0, 0.1) is 0 Å². The number of ether oxygens (including phenoxy) is 1. The van der Waals surface area contributed by atoms with Crippen molar-refractivity contribution in [2.75, 3.05) is 13.2 Å². The molecule has 1 unspecified atom stereocenters. The zero-order chi connectivity index (χ0) is 13.4. The molecule has 2 nitrogen and oxygen atoms in total. The number of rotatable bonds is 8. The maximum Gasteiger partial charge on any atom is 0.119 e. The van der Waals surface area contributed by atoms with Crippen molar-refractivity contribution in [3.63, 3.8) is 0 Å². The van der Waals surface area contributed by atoms with Gasteiger partial charge < -0.3 is 10.1 Å². The first-order valence-electron chi connectivity index (χ1n) is 6.71. The summed E-state index contributed by atoms with van der Waals surface area (Å²) in [6.07, 6.45) is 2.27. The van der Waals surface area contributed by atoms with Crippen molar-refractivity contribution in [3.05, 3.63) is 42.0 Å². The van der Waals surface area contributed by atoms with Crippen LogP contribution < -0.4 is 10.1 Å². The molecule has 0 heterocycles. The lowest BCUT2D eigenvalue weighted by Crippen LogP contribution is -2.25. The van der Waals surface area contributed by atoms with Gasteiger partial charge in [0.05, 0.1) is 0 Å². The molecule has 0 radical (unpaired) electrons. The predicted molar refractivity (Wildman–Crippen MR) is 78.2 cm³/mol. The molecule has 2 heteroatoms. The minimum atomic E-state index is 0.578. The Hall–Kier alpha value is -1.28. The van der Waals surface area contributed by atoms with Crippen LogP contribution in [0.4, 0.5) is 0 Å². The monoisotopic (exact) mass is 247 g/mol. The minimum Gasteiger partial charge on any atom is -0.489 e. The number of benzene rings is 1.